The smallest absolute Gasteiger partial charge is 0.340 e. The van der Waals surface area contributed by atoms with E-state index in [-0.39, 0.29) is 40.7 Å². The van der Waals surface area contributed by atoms with Crippen LogP contribution in [0, 0.1) is 25.7 Å². The van der Waals surface area contributed by atoms with E-state index in [1.54, 1.807) is 24.3 Å². The average Bonchev–Trinajstić information content (AvgIpc) is 3.26. The van der Waals surface area contributed by atoms with E-state index in [1.165, 1.54) is 11.0 Å². The molecule has 6 nitrogen and oxygen atoms in total. The largest absolute Gasteiger partial charge is 0.454 e. The van der Waals surface area contributed by atoms with Gasteiger partial charge in [-0.3, -0.25) is 14.4 Å². The van der Waals surface area contributed by atoms with Gasteiger partial charge in [-0.25, -0.2) is 9.69 Å². The SMILES string of the molecule is Cc1ccc(C)c(C(=O)COC(=O)c2ccccc2N2C(=O)[C@@H]3C4c5ccccc5C(c5ccccc54)[C@@H]3C2=O)c1. The van der Waals surface area contributed by atoms with Crippen LogP contribution in [-0.4, -0.2) is 30.2 Å². The number of esters is 1. The number of amides is 2. The number of carbonyl (C=O) groups is 4. The van der Waals surface area contributed by atoms with Crippen molar-refractivity contribution in [2.45, 2.75) is 25.7 Å². The summed E-state index contributed by atoms with van der Waals surface area (Å²) in [4.78, 5) is 55.7. The van der Waals surface area contributed by atoms with Gasteiger partial charge in [0, 0.05) is 17.4 Å². The third-order valence-corrected chi connectivity index (χ3v) is 8.84. The van der Waals surface area contributed by atoms with Crippen molar-refractivity contribution >= 4 is 29.3 Å². The molecule has 0 N–H and O–H groups in total. The summed E-state index contributed by atoms with van der Waals surface area (Å²) >= 11 is 0. The van der Waals surface area contributed by atoms with Gasteiger partial charge in [0.1, 0.15) is 0 Å². The number of rotatable bonds is 5. The Morgan fingerprint density at radius 3 is 1.76 bits per heavy atom. The van der Waals surface area contributed by atoms with E-state index in [0.29, 0.717) is 5.56 Å². The molecule has 0 radical (unpaired) electrons. The highest BCUT2D eigenvalue weighted by atomic mass is 16.5. The number of aryl methyl sites for hydroxylation is 2. The molecule has 4 aromatic carbocycles. The molecule has 1 fully saturated rings. The van der Waals surface area contributed by atoms with Gasteiger partial charge in [-0.15, -0.1) is 0 Å². The van der Waals surface area contributed by atoms with Gasteiger partial charge in [-0.05, 0) is 59.9 Å². The molecule has 0 aromatic heterocycles. The van der Waals surface area contributed by atoms with Crippen LogP contribution in [0.5, 0.6) is 0 Å². The highest BCUT2D eigenvalue weighted by molar-refractivity contribution is 6.25. The monoisotopic (exact) mass is 541 g/mol. The van der Waals surface area contributed by atoms with Crippen LogP contribution >= 0.6 is 0 Å². The number of para-hydroxylation sites is 1. The molecule has 1 aliphatic heterocycles. The minimum absolute atomic E-state index is 0.0731. The second-order valence-electron chi connectivity index (χ2n) is 11.1. The predicted molar refractivity (Wildman–Crippen MR) is 153 cm³/mol. The molecule has 2 bridgehead atoms. The van der Waals surface area contributed by atoms with E-state index in [9.17, 15) is 19.2 Å². The van der Waals surface area contributed by atoms with E-state index in [4.69, 9.17) is 4.74 Å². The Kier molecular flexibility index (Phi) is 5.75. The van der Waals surface area contributed by atoms with Crippen molar-refractivity contribution < 1.29 is 23.9 Å². The fourth-order valence-electron chi connectivity index (χ4n) is 7.08. The van der Waals surface area contributed by atoms with E-state index < -0.39 is 24.4 Å². The van der Waals surface area contributed by atoms with E-state index >= 15 is 0 Å². The summed E-state index contributed by atoms with van der Waals surface area (Å²) in [7, 11) is 0. The third kappa shape index (κ3) is 3.70. The maximum atomic E-state index is 14.2. The topological polar surface area (TPSA) is 80.8 Å². The normalized spacial score (nSPS) is 21.8. The molecule has 0 unspecified atom stereocenters. The molecule has 0 spiro atoms. The van der Waals surface area contributed by atoms with Crippen LogP contribution in [0.25, 0.3) is 0 Å². The lowest BCUT2D eigenvalue weighted by Crippen LogP contribution is -2.41. The van der Waals surface area contributed by atoms with Crippen LogP contribution in [0.15, 0.2) is 91.0 Å². The molecule has 6 heteroatoms. The van der Waals surface area contributed by atoms with Crippen LogP contribution in [0.3, 0.4) is 0 Å². The first-order valence-corrected chi connectivity index (χ1v) is 13.8. The zero-order valence-electron chi connectivity index (χ0n) is 22.7. The van der Waals surface area contributed by atoms with Crippen molar-refractivity contribution in [3.8, 4) is 0 Å². The first-order chi connectivity index (χ1) is 19.9. The highest BCUT2D eigenvalue weighted by Gasteiger charge is 2.62. The maximum Gasteiger partial charge on any atom is 0.340 e. The zero-order chi connectivity index (χ0) is 28.4. The van der Waals surface area contributed by atoms with Crippen molar-refractivity contribution in [3.05, 3.63) is 136 Å². The van der Waals surface area contributed by atoms with Crippen molar-refractivity contribution in [3.63, 3.8) is 0 Å². The van der Waals surface area contributed by atoms with Crippen molar-refractivity contribution in [2.75, 3.05) is 11.5 Å². The molecular weight excluding hydrogens is 514 g/mol. The summed E-state index contributed by atoms with van der Waals surface area (Å²) in [5.74, 6) is -3.31. The Labute approximate surface area is 237 Å². The van der Waals surface area contributed by atoms with E-state index in [0.717, 1.165) is 33.4 Å². The summed E-state index contributed by atoms with van der Waals surface area (Å²) in [5.41, 5.74) is 6.81. The molecule has 1 saturated heterocycles. The van der Waals surface area contributed by atoms with Gasteiger partial charge in [0.15, 0.2) is 6.61 Å². The van der Waals surface area contributed by atoms with Crippen LogP contribution in [-0.2, 0) is 14.3 Å². The van der Waals surface area contributed by atoms with Gasteiger partial charge < -0.3 is 4.74 Å². The number of hydrogen-bond acceptors (Lipinski definition) is 5. The Morgan fingerprint density at radius 1 is 0.683 bits per heavy atom. The second kappa shape index (κ2) is 9.37. The number of ketones is 1. The minimum atomic E-state index is -0.760. The number of imide groups is 1. The van der Waals surface area contributed by atoms with E-state index in [1.807, 2.05) is 50.2 Å². The molecule has 202 valence electrons. The number of anilines is 1. The standard InChI is InChI=1S/C35H27NO5/c1-19-15-16-20(2)26(17-19)28(37)18-41-35(40)25-13-7-8-14-27(25)36-33(38)31-29-21-9-3-4-10-22(21)30(32(31)34(36)39)24-12-6-5-11-23(24)29/h3-17,29-32H,18H2,1-2H3/t29?,30?,31-,32+. The number of hydrogen-bond donors (Lipinski definition) is 0. The van der Waals surface area contributed by atoms with Gasteiger partial charge in [0.2, 0.25) is 17.6 Å². The van der Waals surface area contributed by atoms with Crippen LogP contribution in [0.2, 0.25) is 0 Å². The van der Waals surface area contributed by atoms with Gasteiger partial charge in [0.05, 0.1) is 23.1 Å². The molecule has 2 atom stereocenters. The minimum Gasteiger partial charge on any atom is -0.454 e. The molecule has 8 rings (SSSR count). The number of benzene rings is 4. The maximum absolute atomic E-state index is 14.2. The van der Waals surface area contributed by atoms with Gasteiger partial charge in [0.25, 0.3) is 0 Å². The molecule has 4 aromatic rings. The van der Waals surface area contributed by atoms with E-state index in [2.05, 4.69) is 24.3 Å². The molecule has 2 amide bonds. The van der Waals surface area contributed by atoms with Gasteiger partial charge in [-0.2, -0.15) is 0 Å². The first kappa shape index (κ1) is 25.1. The lowest BCUT2D eigenvalue weighted by atomic mass is 9.55. The summed E-state index contributed by atoms with van der Waals surface area (Å²) < 4.78 is 5.45. The van der Waals surface area contributed by atoms with Gasteiger partial charge >= 0.3 is 5.97 Å². The third-order valence-electron chi connectivity index (χ3n) is 8.84. The lowest BCUT2D eigenvalue weighted by molar-refractivity contribution is -0.122. The van der Waals surface area contributed by atoms with Crippen molar-refractivity contribution in [1.29, 1.82) is 0 Å². The Morgan fingerprint density at radius 2 is 1.20 bits per heavy atom. The molecule has 3 aliphatic carbocycles. The molecule has 0 saturated carbocycles. The van der Waals surface area contributed by atoms with Crippen LogP contribution < -0.4 is 4.90 Å². The average molecular weight is 542 g/mol. The zero-order valence-corrected chi connectivity index (χ0v) is 22.7. The summed E-state index contributed by atoms with van der Waals surface area (Å²) in [5, 5.41) is 0. The van der Waals surface area contributed by atoms with Crippen LogP contribution in [0.1, 0.15) is 65.9 Å². The Balaban J connectivity index is 1.22. The van der Waals surface area contributed by atoms with Crippen LogP contribution in [0.4, 0.5) is 5.69 Å². The molecule has 4 aliphatic rings. The molecule has 41 heavy (non-hydrogen) atoms. The lowest BCUT2D eigenvalue weighted by Gasteiger charge is -2.45. The summed E-state index contributed by atoms with van der Waals surface area (Å²) in [6.07, 6.45) is 0. The summed E-state index contributed by atoms with van der Waals surface area (Å²) in [6.45, 7) is 3.28. The highest BCUT2D eigenvalue weighted by Crippen LogP contribution is 2.61. The first-order valence-electron chi connectivity index (χ1n) is 13.8. The van der Waals surface area contributed by atoms with Gasteiger partial charge in [-0.1, -0.05) is 78.4 Å². The molecular formula is C35H27NO5. The fourth-order valence-corrected chi connectivity index (χ4v) is 7.08. The van der Waals surface area contributed by atoms with Crippen molar-refractivity contribution in [1.82, 2.24) is 0 Å². The summed E-state index contributed by atoms with van der Waals surface area (Å²) in [6, 6.07) is 28.1. The number of carbonyl (C=O) groups excluding carboxylic acids is 4. The predicted octanol–water partition coefficient (Wildman–Crippen LogP) is 5.74. The molecule has 1 heterocycles. The second-order valence-corrected chi connectivity index (χ2v) is 11.1. The van der Waals surface area contributed by atoms with Crippen molar-refractivity contribution in [2.24, 2.45) is 11.8 Å². The Hall–Kier alpha value is -4.84. The number of Topliss-reactive ketones (excluding diaryl/α,β-unsaturated/α-hetero) is 1. The number of ether oxygens (including phenoxy) is 1. The quantitative estimate of drug-likeness (QED) is 0.183. The number of nitrogens with zero attached hydrogens (tertiary/aromatic N) is 1. The Bertz CT molecular complexity index is 1670. The fraction of sp³-hybridized carbons (Fsp3) is 0.200.